The summed E-state index contributed by atoms with van der Waals surface area (Å²) in [5, 5.41) is 27.2. The Kier molecular flexibility index (Phi) is 5.73. The number of piperidine rings is 1. The number of carbonyl (C=O) groups is 1. The fraction of sp³-hybridized carbons (Fsp3) is 0.391. The molecule has 3 aromatic rings. The summed E-state index contributed by atoms with van der Waals surface area (Å²) in [6.45, 7) is 2.91. The van der Waals surface area contributed by atoms with Crippen molar-refractivity contribution in [1.29, 1.82) is 5.26 Å². The maximum absolute atomic E-state index is 12.9. The van der Waals surface area contributed by atoms with Crippen LogP contribution in [-0.4, -0.2) is 63.2 Å². The molecule has 0 atom stereocenters. The number of nitrogens with one attached hydrogen (secondary N) is 2. The molecule has 4 heterocycles. The number of sulfonamides is 1. The van der Waals surface area contributed by atoms with Gasteiger partial charge < -0.3 is 20.3 Å². The van der Waals surface area contributed by atoms with Gasteiger partial charge in [0.1, 0.15) is 5.39 Å². The summed E-state index contributed by atoms with van der Waals surface area (Å²) in [5.74, 6) is 0.276. The number of H-pyrrole nitrogens is 1. The number of nitrogens with zero attached hydrogens (tertiary/aromatic N) is 5. The summed E-state index contributed by atoms with van der Waals surface area (Å²) in [6, 6.07) is 8.84. The highest BCUT2D eigenvalue weighted by atomic mass is 32.2. The van der Waals surface area contributed by atoms with E-state index < -0.39 is 21.7 Å². The van der Waals surface area contributed by atoms with Crippen LogP contribution < -0.4 is 10.9 Å². The Morgan fingerprint density at radius 1 is 1.31 bits per heavy atom. The molecule has 0 radical (unpaired) electrons. The second-order valence-electron chi connectivity index (χ2n) is 9.04. The summed E-state index contributed by atoms with van der Waals surface area (Å²) in [4.78, 5) is 28.5. The zero-order valence-corrected chi connectivity index (χ0v) is 20.4. The van der Waals surface area contributed by atoms with Crippen molar-refractivity contribution in [2.45, 2.75) is 43.2 Å². The number of hydrogen-bond donors (Lipinski definition) is 3. The van der Waals surface area contributed by atoms with Crippen LogP contribution in [0, 0.1) is 11.3 Å². The van der Waals surface area contributed by atoms with Gasteiger partial charge in [0, 0.05) is 38.1 Å². The fourth-order valence-corrected chi connectivity index (χ4v) is 6.74. The first kappa shape index (κ1) is 23.8. The Morgan fingerprint density at radius 2 is 2.06 bits per heavy atom. The highest BCUT2D eigenvalue weighted by molar-refractivity contribution is 7.89. The van der Waals surface area contributed by atoms with Crippen LogP contribution in [0.25, 0.3) is 10.9 Å². The first-order valence-electron chi connectivity index (χ1n) is 11.6. The first-order valence-corrected chi connectivity index (χ1v) is 13.0. The minimum atomic E-state index is -3.51. The molecule has 2 aliphatic heterocycles. The molecule has 2 aromatic heterocycles. The van der Waals surface area contributed by atoms with Gasteiger partial charge in [-0.2, -0.15) is 14.7 Å². The van der Waals surface area contributed by atoms with E-state index in [9.17, 15) is 28.4 Å². The molecular weight excluding hydrogens is 486 g/mol. The third-order valence-electron chi connectivity index (χ3n) is 7.07. The smallest absolute Gasteiger partial charge is 0.407 e. The van der Waals surface area contributed by atoms with E-state index in [1.165, 1.54) is 15.4 Å². The van der Waals surface area contributed by atoms with Crippen LogP contribution in [0.4, 0.5) is 16.3 Å². The number of likely N-dealkylation sites (tertiary alicyclic amines) is 1. The SMILES string of the molecule is CCN1Cc2cc(Nc3nn(C4(CC#N)CCN(C(=O)O)CC4)c4cc[nH]c(=O)c34)ccc2S1(=O)=O. The molecule has 0 spiro atoms. The van der Waals surface area contributed by atoms with Crippen LogP contribution in [0.5, 0.6) is 0 Å². The first-order chi connectivity index (χ1) is 17.2. The zero-order chi connectivity index (χ0) is 25.7. The van der Waals surface area contributed by atoms with Crippen molar-refractivity contribution in [3.8, 4) is 6.07 Å². The normalized spacial score (nSPS) is 18.6. The summed E-state index contributed by atoms with van der Waals surface area (Å²) < 4.78 is 28.3. The number of carboxylic acid groups (broad SMARTS) is 1. The number of rotatable bonds is 5. The van der Waals surface area contributed by atoms with Gasteiger partial charge in [-0.3, -0.25) is 9.48 Å². The van der Waals surface area contributed by atoms with E-state index in [0.717, 1.165) is 0 Å². The van der Waals surface area contributed by atoms with Crippen LogP contribution in [0.3, 0.4) is 0 Å². The molecule has 13 heteroatoms. The highest BCUT2D eigenvalue weighted by Crippen LogP contribution is 2.38. The van der Waals surface area contributed by atoms with Gasteiger partial charge in [0.25, 0.3) is 5.56 Å². The van der Waals surface area contributed by atoms with Crippen molar-refractivity contribution >= 4 is 38.5 Å². The van der Waals surface area contributed by atoms with Crippen molar-refractivity contribution in [3.63, 3.8) is 0 Å². The quantitative estimate of drug-likeness (QED) is 0.470. The summed E-state index contributed by atoms with van der Waals surface area (Å²) >= 11 is 0. The predicted octanol–water partition coefficient (Wildman–Crippen LogP) is 2.38. The predicted molar refractivity (Wildman–Crippen MR) is 130 cm³/mol. The van der Waals surface area contributed by atoms with Crippen molar-refractivity contribution < 1.29 is 18.3 Å². The molecule has 12 nitrogen and oxygen atoms in total. The van der Waals surface area contributed by atoms with E-state index in [1.54, 1.807) is 35.9 Å². The Balaban J connectivity index is 1.57. The topological polar surface area (TPSA) is 164 Å². The molecule has 5 rings (SSSR count). The summed E-state index contributed by atoms with van der Waals surface area (Å²) in [6.07, 6.45) is 1.36. The molecule has 1 saturated heterocycles. The molecule has 2 aliphatic rings. The number of aromatic amines is 1. The second kappa shape index (κ2) is 8.65. The van der Waals surface area contributed by atoms with Gasteiger partial charge in [0.2, 0.25) is 10.0 Å². The third-order valence-corrected chi connectivity index (χ3v) is 9.09. The van der Waals surface area contributed by atoms with E-state index in [1.807, 2.05) is 0 Å². The maximum atomic E-state index is 12.9. The van der Waals surface area contributed by atoms with E-state index >= 15 is 0 Å². The van der Waals surface area contributed by atoms with Gasteiger partial charge in [0.05, 0.1) is 28.4 Å². The Morgan fingerprint density at radius 3 is 2.72 bits per heavy atom. The van der Waals surface area contributed by atoms with Gasteiger partial charge in [-0.1, -0.05) is 6.92 Å². The standard InChI is InChI=1S/C23H25N7O5S/c1-2-29-14-15-13-16(3-4-18(15)36(29,34)35)26-20-19-17(5-10-25-21(19)31)30(27-20)23(6-9-24)7-11-28(12-8-23)22(32)33/h3-5,10,13H,2,6-8,11-12,14H2,1H3,(H,25,31)(H,26,27)(H,32,33). The monoisotopic (exact) mass is 511 g/mol. The maximum Gasteiger partial charge on any atom is 0.407 e. The molecule has 0 saturated carbocycles. The number of anilines is 2. The largest absolute Gasteiger partial charge is 0.465 e. The van der Waals surface area contributed by atoms with Crippen LogP contribution in [0.2, 0.25) is 0 Å². The van der Waals surface area contributed by atoms with Crippen LogP contribution >= 0.6 is 0 Å². The number of aromatic nitrogens is 3. The Hall–Kier alpha value is -3.89. The number of fused-ring (bicyclic) bond motifs is 2. The molecule has 1 fully saturated rings. The summed E-state index contributed by atoms with van der Waals surface area (Å²) in [7, 11) is -3.51. The minimum Gasteiger partial charge on any atom is -0.465 e. The summed E-state index contributed by atoms with van der Waals surface area (Å²) in [5.41, 5.74) is 0.618. The lowest BCUT2D eigenvalue weighted by Crippen LogP contribution is -2.48. The van der Waals surface area contributed by atoms with E-state index in [2.05, 4.69) is 16.4 Å². The van der Waals surface area contributed by atoms with Gasteiger partial charge in [0.15, 0.2) is 5.82 Å². The molecule has 0 aliphatic carbocycles. The lowest BCUT2D eigenvalue weighted by molar-refractivity contribution is 0.0912. The van der Waals surface area contributed by atoms with Crippen molar-refractivity contribution in [2.75, 3.05) is 25.0 Å². The lowest BCUT2D eigenvalue weighted by Gasteiger charge is -2.40. The molecule has 188 valence electrons. The van der Waals surface area contributed by atoms with E-state index in [0.29, 0.717) is 41.5 Å². The van der Waals surface area contributed by atoms with Crippen molar-refractivity contribution in [3.05, 3.63) is 46.4 Å². The zero-order valence-electron chi connectivity index (χ0n) is 19.6. The Labute approximate surface area is 206 Å². The third kappa shape index (κ3) is 3.69. The van der Waals surface area contributed by atoms with Gasteiger partial charge in [-0.15, -0.1) is 0 Å². The molecule has 1 aromatic carbocycles. The number of hydrogen-bond acceptors (Lipinski definition) is 7. The van der Waals surface area contributed by atoms with E-state index in [4.69, 9.17) is 5.10 Å². The average molecular weight is 512 g/mol. The molecule has 1 amide bonds. The van der Waals surface area contributed by atoms with Gasteiger partial charge in [-0.25, -0.2) is 13.2 Å². The number of amides is 1. The van der Waals surface area contributed by atoms with Gasteiger partial charge in [-0.05, 0) is 42.7 Å². The molecule has 3 N–H and O–H groups in total. The van der Waals surface area contributed by atoms with E-state index in [-0.39, 0.29) is 42.3 Å². The number of pyridine rings is 1. The molecule has 0 unspecified atom stereocenters. The van der Waals surface area contributed by atoms with Gasteiger partial charge >= 0.3 is 6.09 Å². The van der Waals surface area contributed by atoms with Crippen LogP contribution in [-0.2, 0) is 22.1 Å². The van der Waals surface area contributed by atoms with Crippen LogP contribution in [0.1, 0.15) is 31.7 Å². The molecule has 0 bridgehead atoms. The molecule has 36 heavy (non-hydrogen) atoms. The Bertz CT molecular complexity index is 1560. The lowest BCUT2D eigenvalue weighted by atomic mass is 9.85. The van der Waals surface area contributed by atoms with Crippen molar-refractivity contribution in [2.24, 2.45) is 0 Å². The second-order valence-corrected chi connectivity index (χ2v) is 10.9. The fourth-order valence-electron chi connectivity index (χ4n) is 5.12. The minimum absolute atomic E-state index is 0.104. The van der Waals surface area contributed by atoms with Crippen LogP contribution in [0.15, 0.2) is 40.2 Å². The molecular formula is C23H25N7O5S. The number of nitriles is 1. The van der Waals surface area contributed by atoms with Crippen molar-refractivity contribution in [1.82, 2.24) is 24.0 Å². The average Bonchev–Trinajstić information content (AvgIpc) is 3.34. The highest BCUT2D eigenvalue weighted by Gasteiger charge is 2.40. The number of benzene rings is 1.